The first-order valence-electron chi connectivity index (χ1n) is 8.74. The first-order chi connectivity index (χ1) is 9.81. The van der Waals surface area contributed by atoms with Gasteiger partial charge in [-0.15, -0.1) is 0 Å². The Kier molecular flexibility index (Phi) is 3.53. The van der Waals surface area contributed by atoms with E-state index in [0.29, 0.717) is 5.54 Å². The first kappa shape index (κ1) is 13.5. The van der Waals surface area contributed by atoms with Gasteiger partial charge < -0.3 is 5.73 Å². The predicted molar refractivity (Wildman–Crippen MR) is 81.8 cm³/mol. The number of likely N-dealkylation sites (tertiary alicyclic amines) is 1. The fourth-order valence-electron chi connectivity index (χ4n) is 4.83. The molecule has 20 heavy (non-hydrogen) atoms. The average Bonchev–Trinajstić information content (AvgIpc) is 3.14. The standard InChI is InChI=1S/C16H30N4/c17-12-16(6-10-19(13-16)14-4-5-14)20-9-2-8-18-7-1-3-15(18)11-20/h14-15H,1-13,17H2. The second kappa shape index (κ2) is 5.24. The Balaban J connectivity index is 1.48. The molecule has 0 aromatic heterocycles. The van der Waals surface area contributed by atoms with Gasteiger partial charge >= 0.3 is 0 Å². The lowest BCUT2D eigenvalue weighted by Crippen LogP contribution is -2.57. The van der Waals surface area contributed by atoms with Gasteiger partial charge in [0.15, 0.2) is 0 Å². The van der Waals surface area contributed by atoms with Crippen LogP contribution in [0, 0.1) is 0 Å². The number of nitrogens with two attached hydrogens (primary N) is 1. The molecule has 2 N–H and O–H groups in total. The molecule has 0 radical (unpaired) electrons. The summed E-state index contributed by atoms with van der Waals surface area (Å²) in [5.41, 5.74) is 6.58. The van der Waals surface area contributed by atoms with E-state index in [1.165, 1.54) is 77.8 Å². The van der Waals surface area contributed by atoms with Gasteiger partial charge in [0.25, 0.3) is 0 Å². The van der Waals surface area contributed by atoms with E-state index in [-0.39, 0.29) is 0 Å². The fourth-order valence-corrected chi connectivity index (χ4v) is 4.83. The summed E-state index contributed by atoms with van der Waals surface area (Å²) in [6, 6.07) is 1.72. The van der Waals surface area contributed by atoms with Crippen LogP contribution in [0.1, 0.15) is 38.5 Å². The quantitative estimate of drug-likeness (QED) is 0.825. The van der Waals surface area contributed by atoms with E-state index in [1.54, 1.807) is 0 Å². The summed E-state index contributed by atoms with van der Waals surface area (Å²) in [5, 5.41) is 0. The molecular weight excluding hydrogens is 248 g/mol. The van der Waals surface area contributed by atoms with Crippen LogP contribution >= 0.6 is 0 Å². The third-order valence-electron chi connectivity index (χ3n) is 6.28. The molecular formula is C16H30N4. The summed E-state index contributed by atoms with van der Waals surface area (Å²) in [6.45, 7) is 8.56. The molecule has 0 spiro atoms. The van der Waals surface area contributed by atoms with Crippen LogP contribution in [0.3, 0.4) is 0 Å². The fraction of sp³-hybridized carbons (Fsp3) is 1.00. The lowest BCUT2D eigenvalue weighted by Gasteiger charge is -2.41. The van der Waals surface area contributed by atoms with Crippen molar-refractivity contribution < 1.29 is 0 Å². The van der Waals surface area contributed by atoms with Gasteiger partial charge in [0.2, 0.25) is 0 Å². The molecule has 3 saturated heterocycles. The summed E-state index contributed by atoms with van der Waals surface area (Å²) in [5.74, 6) is 0. The molecule has 4 heteroatoms. The van der Waals surface area contributed by atoms with Crippen molar-refractivity contribution in [3.8, 4) is 0 Å². The van der Waals surface area contributed by atoms with E-state index in [9.17, 15) is 0 Å². The lowest BCUT2D eigenvalue weighted by molar-refractivity contribution is 0.0883. The summed E-state index contributed by atoms with van der Waals surface area (Å²) in [7, 11) is 0. The van der Waals surface area contributed by atoms with Crippen molar-refractivity contribution in [2.24, 2.45) is 5.73 Å². The minimum absolute atomic E-state index is 0.293. The molecule has 3 heterocycles. The molecule has 4 rings (SSSR count). The number of hydrogen-bond donors (Lipinski definition) is 1. The van der Waals surface area contributed by atoms with E-state index in [2.05, 4.69) is 14.7 Å². The molecule has 4 nitrogen and oxygen atoms in total. The Labute approximate surface area is 123 Å². The third-order valence-corrected chi connectivity index (χ3v) is 6.28. The van der Waals surface area contributed by atoms with Crippen LogP contribution < -0.4 is 5.73 Å². The Morgan fingerprint density at radius 1 is 0.900 bits per heavy atom. The highest BCUT2D eigenvalue weighted by Gasteiger charge is 2.47. The zero-order valence-electron chi connectivity index (χ0n) is 12.8. The zero-order chi connectivity index (χ0) is 13.6. The highest BCUT2D eigenvalue weighted by atomic mass is 15.3. The third kappa shape index (κ3) is 2.31. The highest BCUT2D eigenvalue weighted by Crippen LogP contribution is 2.37. The van der Waals surface area contributed by atoms with Gasteiger partial charge in [-0.05, 0) is 51.6 Å². The molecule has 4 fully saturated rings. The Hall–Kier alpha value is -0.160. The van der Waals surface area contributed by atoms with Crippen LogP contribution in [-0.4, -0.2) is 78.1 Å². The van der Waals surface area contributed by atoms with Crippen molar-refractivity contribution in [1.82, 2.24) is 14.7 Å². The Bertz CT molecular complexity index is 356. The van der Waals surface area contributed by atoms with E-state index >= 15 is 0 Å². The van der Waals surface area contributed by atoms with Gasteiger partial charge in [0, 0.05) is 50.3 Å². The molecule has 0 bridgehead atoms. The summed E-state index contributed by atoms with van der Waals surface area (Å²) >= 11 is 0. The highest BCUT2D eigenvalue weighted by molar-refractivity contribution is 5.05. The number of nitrogens with zero attached hydrogens (tertiary/aromatic N) is 3. The molecule has 0 aromatic rings. The second-order valence-corrected chi connectivity index (χ2v) is 7.51. The van der Waals surface area contributed by atoms with Gasteiger partial charge in [-0.1, -0.05) is 0 Å². The number of fused-ring (bicyclic) bond motifs is 1. The molecule has 4 aliphatic rings. The van der Waals surface area contributed by atoms with Crippen molar-refractivity contribution in [3.63, 3.8) is 0 Å². The molecule has 0 aromatic carbocycles. The maximum atomic E-state index is 6.29. The van der Waals surface area contributed by atoms with Crippen molar-refractivity contribution in [1.29, 1.82) is 0 Å². The van der Waals surface area contributed by atoms with Crippen LogP contribution in [0.15, 0.2) is 0 Å². The minimum atomic E-state index is 0.293. The van der Waals surface area contributed by atoms with Crippen molar-refractivity contribution >= 4 is 0 Å². The molecule has 0 amide bonds. The van der Waals surface area contributed by atoms with Crippen LogP contribution in [0.4, 0.5) is 0 Å². The van der Waals surface area contributed by atoms with Gasteiger partial charge in [-0.2, -0.15) is 0 Å². The number of rotatable bonds is 3. The lowest BCUT2D eigenvalue weighted by atomic mass is 9.95. The maximum Gasteiger partial charge on any atom is 0.0471 e. The van der Waals surface area contributed by atoms with Gasteiger partial charge in [0.05, 0.1) is 0 Å². The monoisotopic (exact) mass is 278 g/mol. The summed E-state index contributed by atoms with van der Waals surface area (Å²) in [4.78, 5) is 8.26. The maximum absolute atomic E-state index is 6.29. The summed E-state index contributed by atoms with van der Waals surface area (Å²) < 4.78 is 0. The van der Waals surface area contributed by atoms with E-state index in [4.69, 9.17) is 5.73 Å². The van der Waals surface area contributed by atoms with E-state index in [0.717, 1.165) is 18.6 Å². The first-order valence-corrected chi connectivity index (χ1v) is 8.74. The molecule has 1 saturated carbocycles. The minimum Gasteiger partial charge on any atom is -0.329 e. The second-order valence-electron chi connectivity index (χ2n) is 7.51. The van der Waals surface area contributed by atoms with E-state index in [1.807, 2.05) is 0 Å². The zero-order valence-corrected chi connectivity index (χ0v) is 12.8. The Morgan fingerprint density at radius 3 is 2.55 bits per heavy atom. The van der Waals surface area contributed by atoms with Gasteiger partial charge in [-0.25, -0.2) is 0 Å². The average molecular weight is 278 g/mol. The SMILES string of the molecule is NCC1(N2CCCN3CCCC3C2)CCN(C2CC2)C1. The van der Waals surface area contributed by atoms with Crippen LogP contribution in [0.2, 0.25) is 0 Å². The molecule has 1 aliphatic carbocycles. The smallest absolute Gasteiger partial charge is 0.0471 e. The molecule has 114 valence electrons. The summed E-state index contributed by atoms with van der Waals surface area (Å²) in [6.07, 6.45) is 8.30. The Morgan fingerprint density at radius 2 is 1.75 bits per heavy atom. The van der Waals surface area contributed by atoms with Crippen molar-refractivity contribution in [2.75, 3.05) is 45.8 Å². The molecule has 2 unspecified atom stereocenters. The predicted octanol–water partition coefficient (Wildman–Crippen LogP) is 0.722. The largest absolute Gasteiger partial charge is 0.329 e. The normalized spacial score (nSPS) is 41.0. The van der Waals surface area contributed by atoms with Crippen LogP contribution in [-0.2, 0) is 0 Å². The molecule has 3 aliphatic heterocycles. The van der Waals surface area contributed by atoms with E-state index < -0.39 is 0 Å². The van der Waals surface area contributed by atoms with Crippen LogP contribution in [0.25, 0.3) is 0 Å². The van der Waals surface area contributed by atoms with Crippen molar-refractivity contribution in [2.45, 2.75) is 56.1 Å². The number of hydrogen-bond acceptors (Lipinski definition) is 4. The molecule has 2 atom stereocenters. The van der Waals surface area contributed by atoms with Gasteiger partial charge in [-0.3, -0.25) is 14.7 Å². The van der Waals surface area contributed by atoms with Crippen molar-refractivity contribution in [3.05, 3.63) is 0 Å². The van der Waals surface area contributed by atoms with Crippen LogP contribution in [0.5, 0.6) is 0 Å². The van der Waals surface area contributed by atoms with Gasteiger partial charge in [0.1, 0.15) is 0 Å². The topological polar surface area (TPSA) is 35.7 Å².